The third kappa shape index (κ3) is 2.72. The van der Waals surface area contributed by atoms with Gasteiger partial charge in [-0.15, -0.1) is 0 Å². The van der Waals surface area contributed by atoms with Crippen molar-refractivity contribution in [3.8, 4) is 6.07 Å². The van der Waals surface area contributed by atoms with E-state index >= 15 is 0 Å². The predicted molar refractivity (Wildman–Crippen MR) is 76.2 cm³/mol. The van der Waals surface area contributed by atoms with Crippen molar-refractivity contribution in [3.05, 3.63) is 67.7 Å². The second-order valence-corrected chi connectivity index (χ2v) is 4.79. The van der Waals surface area contributed by atoms with Crippen LogP contribution in [-0.2, 0) is 13.6 Å². The Kier molecular flexibility index (Phi) is 4.04. The number of rotatable bonds is 3. The van der Waals surface area contributed by atoms with Crippen molar-refractivity contribution in [3.63, 3.8) is 0 Å². The Hall–Kier alpha value is -3.01. The first kappa shape index (κ1) is 15.4. The van der Waals surface area contributed by atoms with Gasteiger partial charge in [0.15, 0.2) is 5.78 Å². The maximum Gasteiger partial charge on any atom is 0.331 e. The second-order valence-electron chi connectivity index (χ2n) is 4.79. The lowest BCUT2D eigenvalue weighted by atomic mass is 10.1. The summed E-state index contributed by atoms with van der Waals surface area (Å²) in [6.07, 6.45) is 1.16. The first-order valence-electron chi connectivity index (χ1n) is 6.35. The van der Waals surface area contributed by atoms with Gasteiger partial charge in [0.05, 0.1) is 23.7 Å². The number of carbonyl (C=O) groups is 1. The topological polar surface area (TPSA) is 84.9 Å². The van der Waals surface area contributed by atoms with Crippen LogP contribution in [-0.4, -0.2) is 14.9 Å². The number of ketones is 1. The Balaban J connectivity index is 2.61. The molecule has 22 heavy (non-hydrogen) atoms. The Morgan fingerprint density at radius 1 is 1.36 bits per heavy atom. The lowest BCUT2D eigenvalue weighted by Crippen LogP contribution is -2.40. The fourth-order valence-corrected chi connectivity index (χ4v) is 2.06. The molecule has 112 valence electrons. The molecule has 6 nitrogen and oxygen atoms in total. The van der Waals surface area contributed by atoms with Crippen LogP contribution in [0.5, 0.6) is 0 Å². The van der Waals surface area contributed by atoms with E-state index in [9.17, 15) is 18.8 Å². The molecular weight excluding hydrogens is 289 g/mol. The van der Waals surface area contributed by atoms with Crippen molar-refractivity contribution in [2.45, 2.75) is 13.5 Å². The average Bonchev–Trinajstić information content (AvgIpc) is 2.48. The molecule has 0 fully saturated rings. The van der Waals surface area contributed by atoms with Crippen LogP contribution in [0.2, 0.25) is 0 Å². The number of nitrogens with zero attached hydrogens (tertiary/aromatic N) is 3. The monoisotopic (exact) mass is 301 g/mol. The Morgan fingerprint density at radius 2 is 2.05 bits per heavy atom. The number of hydrogen-bond acceptors (Lipinski definition) is 4. The molecule has 0 unspecified atom stereocenters. The largest absolute Gasteiger partial charge is 0.331 e. The molecule has 2 aromatic rings. The summed E-state index contributed by atoms with van der Waals surface area (Å²) in [5.74, 6) is -1.02. The minimum absolute atomic E-state index is 0.0452. The van der Waals surface area contributed by atoms with E-state index in [2.05, 4.69) is 0 Å². The number of aromatic nitrogens is 2. The van der Waals surface area contributed by atoms with Gasteiger partial charge in [-0.25, -0.2) is 9.18 Å². The van der Waals surface area contributed by atoms with Gasteiger partial charge in [-0.05, 0) is 24.6 Å². The minimum Gasteiger partial charge on any atom is -0.295 e. The number of hydrogen-bond donors (Lipinski definition) is 0. The fourth-order valence-electron chi connectivity index (χ4n) is 2.06. The van der Waals surface area contributed by atoms with Gasteiger partial charge in [-0.3, -0.25) is 18.7 Å². The summed E-state index contributed by atoms with van der Waals surface area (Å²) in [6, 6.07) is 5.48. The normalized spacial score (nSPS) is 10.3. The fraction of sp³-hybridized carbons (Fsp3) is 0.200. The zero-order valence-electron chi connectivity index (χ0n) is 12.0. The maximum atomic E-state index is 13.1. The SMILES string of the molecule is CC(=O)c1cn(Cc2ccc(F)cc2C#N)c(=O)n(C)c1=O. The zero-order valence-corrected chi connectivity index (χ0v) is 12.0. The smallest absolute Gasteiger partial charge is 0.295 e. The van der Waals surface area contributed by atoms with Crippen LogP contribution in [0.15, 0.2) is 34.0 Å². The number of halogens is 1. The third-order valence-electron chi connectivity index (χ3n) is 3.26. The van der Waals surface area contributed by atoms with Gasteiger partial charge < -0.3 is 0 Å². The summed E-state index contributed by atoms with van der Waals surface area (Å²) in [6.45, 7) is 1.18. The van der Waals surface area contributed by atoms with Crippen molar-refractivity contribution < 1.29 is 9.18 Å². The van der Waals surface area contributed by atoms with Crippen molar-refractivity contribution >= 4 is 5.78 Å². The highest BCUT2D eigenvalue weighted by atomic mass is 19.1. The van der Waals surface area contributed by atoms with Gasteiger partial charge in [0.1, 0.15) is 5.82 Å². The van der Waals surface area contributed by atoms with Gasteiger partial charge in [-0.2, -0.15) is 5.26 Å². The number of benzene rings is 1. The molecule has 2 rings (SSSR count). The number of Topliss-reactive ketones (excluding diaryl/α,β-unsaturated/α-hetero) is 1. The summed E-state index contributed by atoms with van der Waals surface area (Å²) in [4.78, 5) is 35.4. The maximum absolute atomic E-state index is 13.1. The van der Waals surface area contributed by atoms with E-state index in [1.54, 1.807) is 0 Å². The predicted octanol–water partition coefficient (Wildman–Crippen LogP) is 0.809. The summed E-state index contributed by atoms with van der Waals surface area (Å²) in [5, 5.41) is 9.02. The molecule has 0 amide bonds. The highest BCUT2D eigenvalue weighted by Gasteiger charge is 2.13. The summed E-state index contributed by atoms with van der Waals surface area (Å²) in [5.41, 5.74) is -0.913. The van der Waals surface area contributed by atoms with E-state index in [1.807, 2.05) is 6.07 Å². The van der Waals surface area contributed by atoms with Crippen LogP contribution in [0, 0.1) is 17.1 Å². The van der Waals surface area contributed by atoms with E-state index in [1.165, 1.54) is 26.1 Å². The van der Waals surface area contributed by atoms with Crippen molar-refractivity contribution in [2.75, 3.05) is 0 Å². The summed E-state index contributed by atoms with van der Waals surface area (Å²) < 4.78 is 15.1. The molecule has 0 bridgehead atoms. The van der Waals surface area contributed by atoms with Crippen LogP contribution < -0.4 is 11.2 Å². The highest BCUT2D eigenvalue weighted by molar-refractivity contribution is 5.93. The Bertz CT molecular complexity index is 919. The molecule has 1 aromatic carbocycles. The molecule has 0 atom stereocenters. The Labute approximate surface area is 124 Å². The van der Waals surface area contributed by atoms with Crippen molar-refractivity contribution in [1.82, 2.24) is 9.13 Å². The van der Waals surface area contributed by atoms with Gasteiger partial charge in [0.25, 0.3) is 5.56 Å². The standard InChI is InChI=1S/C15H12FN3O3/c1-9(20)13-8-19(15(22)18(2)14(13)21)7-10-3-4-12(16)5-11(10)6-17/h3-5,8H,7H2,1-2H3. The molecule has 0 saturated carbocycles. The molecule has 0 aliphatic rings. The molecule has 7 heteroatoms. The summed E-state index contributed by atoms with van der Waals surface area (Å²) >= 11 is 0. The van der Waals surface area contributed by atoms with E-state index in [0.717, 1.165) is 21.4 Å². The number of carbonyl (C=O) groups excluding carboxylic acids is 1. The van der Waals surface area contributed by atoms with Crippen LogP contribution in [0.1, 0.15) is 28.4 Å². The van der Waals surface area contributed by atoms with Crippen LogP contribution >= 0.6 is 0 Å². The van der Waals surface area contributed by atoms with Crippen LogP contribution in [0.4, 0.5) is 4.39 Å². The van der Waals surface area contributed by atoms with Crippen LogP contribution in [0.25, 0.3) is 0 Å². The zero-order chi connectivity index (χ0) is 16.4. The lowest BCUT2D eigenvalue weighted by Gasteiger charge is -2.10. The van der Waals surface area contributed by atoms with Crippen molar-refractivity contribution in [2.24, 2.45) is 7.05 Å². The van der Waals surface area contributed by atoms with E-state index in [0.29, 0.717) is 5.56 Å². The van der Waals surface area contributed by atoms with E-state index in [-0.39, 0.29) is 17.7 Å². The van der Waals surface area contributed by atoms with Gasteiger partial charge in [0.2, 0.25) is 0 Å². The molecule has 1 heterocycles. The van der Waals surface area contributed by atoms with Crippen LogP contribution in [0.3, 0.4) is 0 Å². The van der Waals surface area contributed by atoms with Gasteiger partial charge in [-0.1, -0.05) is 6.07 Å². The first-order chi connectivity index (χ1) is 10.3. The molecule has 0 aliphatic heterocycles. The molecule has 0 spiro atoms. The van der Waals surface area contributed by atoms with Crippen molar-refractivity contribution in [1.29, 1.82) is 5.26 Å². The average molecular weight is 301 g/mol. The first-order valence-corrected chi connectivity index (χ1v) is 6.35. The molecular formula is C15H12FN3O3. The quantitative estimate of drug-likeness (QED) is 0.785. The molecule has 0 aliphatic carbocycles. The molecule has 0 N–H and O–H groups in total. The van der Waals surface area contributed by atoms with E-state index < -0.39 is 22.8 Å². The highest BCUT2D eigenvalue weighted by Crippen LogP contribution is 2.11. The molecule has 1 aromatic heterocycles. The minimum atomic E-state index is -0.673. The van der Waals surface area contributed by atoms with E-state index in [4.69, 9.17) is 5.26 Å². The molecule has 0 saturated heterocycles. The molecule has 0 radical (unpaired) electrons. The third-order valence-corrected chi connectivity index (χ3v) is 3.26. The number of nitriles is 1. The summed E-state index contributed by atoms with van der Waals surface area (Å²) in [7, 11) is 1.27. The Morgan fingerprint density at radius 3 is 2.64 bits per heavy atom. The second kappa shape index (κ2) is 5.77. The van der Waals surface area contributed by atoms with Gasteiger partial charge >= 0.3 is 5.69 Å². The lowest BCUT2D eigenvalue weighted by molar-refractivity contribution is 0.101. The van der Waals surface area contributed by atoms with Gasteiger partial charge in [0, 0.05) is 13.2 Å².